The van der Waals surface area contributed by atoms with Crippen molar-refractivity contribution in [3.05, 3.63) is 29.8 Å². The van der Waals surface area contributed by atoms with Gasteiger partial charge in [0, 0.05) is 6.54 Å². The van der Waals surface area contributed by atoms with Crippen LogP contribution in [-0.2, 0) is 4.79 Å². The summed E-state index contributed by atoms with van der Waals surface area (Å²) in [5.74, 6) is 0.683. The van der Waals surface area contributed by atoms with Crippen molar-refractivity contribution >= 4 is 5.91 Å². The van der Waals surface area contributed by atoms with Gasteiger partial charge in [0.15, 0.2) is 0 Å². The third-order valence-electron chi connectivity index (χ3n) is 4.69. The van der Waals surface area contributed by atoms with Crippen molar-refractivity contribution in [2.75, 3.05) is 27.7 Å². The molecule has 1 aliphatic carbocycles. The standard InChI is InChI=1S/C18H25N3O2/c1-21(2)16(14-6-8-15(23-3)9-7-14)12-20-17(22)18(13-19)10-4-5-11-18/h6-9,16H,4-5,10-12H2,1-3H3,(H,20,22). The van der Waals surface area contributed by atoms with E-state index in [2.05, 4.69) is 16.3 Å². The first-order chi connectivity index (χ1) is 11.0. The maximum atomic E-state index is 12.5. The van der Waals surface area contributed by atoms with Crippen molar-refractivity contribution in [2.45, 2.75) is 31.7 Å². The Kier molecular flexibility index (Phi) is 5.62. The quantitative estimate of drug-likeness (QED) is 0.876. The lowest BCUT2D eigenvalue weighted by molar-refractivity contribution is -0.128. The molecular formula is C18H25N3O2. The molecule has 0 saturated heterocycles. The molecule has 0 aliphatic heterocycles. The summed E-state index contributed by atoms with van der Waals surface area (Å²) in [6.45, 7) is 0.488. The molecule has 1 unspecified atom stereocenters. The molecule has 1 saturated carbocycles. The summed E-state index contributed by atoms with van der Waals surface area (Å²) in [6, 6.07) is 10.1. The normalized spacial score (nSPS) is 17.5. The third-order valence-corrected chi connectivity index (χ3v) is 4.69. The van der Waals surface area contributed by atoms with Gasteiger partial charge in [0.2, 0.25) is 5.91 Å². The molecule has 1 aromatic carbocycles. The van der Waals surface area contributed by atoms with Crippen LogP contribution in [0.2, 0.25) is 0 Å². The molecule has 1 atom stereocenters. The number of methoxy groups -OCH3 is 1. The van der Waals surface area contributed by atoms with Gasteiger partial charge in [-0.15, -0.1) is 0 Å². The molecule has 0 radical (unpaired) electrons. The number of nitriles is 1. The lowest BCUT2D eigenvalue weighted by Crippen LogP contribution is -2.42. The fourth-order valence-corrected chi connectivity index (χ4v) is 3.15. The maximum absolute atomic E-state index is 12.5. The Morgan fingerprint density at radius 1 is 1.35 bits per heavy atom. The highest BCUT2D eigenvalue weighted by atomic mass is 16.5. The summed E-state index contributed by atoms with van der Waals surface area (Å²) in [5.41, 5.74) is 0.282. The lowest BCUT2D eigenvalue weighted by atomic mass is 9.87. The van der Waals surface area contributed by atoms with E-state index in [9.17, 15) is 10.1 Å². The van der Waals surface area contributed by atoms with Crippen LogP contribution in [-0.4, -0.2) is 38.6 Å². The molecule has 23 heavy (non-hydrogen) atoms. The summed E-state index contributed by atoms with van der Waals surface area (Å²) in [5, 5.41) is 12.4. The fourth-order valence-electron chi connectivity index (χ4n) is 3.15. The van der Waals surface area contributed by atoms with Crippen LogP contribution in [0.3, 0.4) is 0 Å². The van der Waals surface area contributed by atoms with E-state index in [0.29, 0.717) is 19.4 Å². The van der Waals surface area contributed by atoms with Crippen LogP contribution in [0.25, 0.3) is 0 Å². The van der Waals surface area contributed by atoms with Crippen LogP contribution >= 0.6 is 0 Å². The first-order valence-corrected chi connectivity index (χ1v) is 8.02. The van der Waals surface area contributed by atoms with Gasteiger partial charge in [-0.3, -0.25) is 4.79 Å². The monoisotopic (exact) mass is 315 g/mol. The number of carbonyl (C=O) groups excluding carboxylic acids is 1. The zero-order chi connectivity index (χ0) is 16.9. The number of carbonyl (C=O) groups is 1. The minimum Gasteiger partial charge on any atom is -0.497 e. The molecule has 0 heterocycles. The molecule has 1 amide bonds. The molecule has 124 valence electrons. The van der Waals surface area contributed by atoms with Gasteiger partial charge in [-0.2, -0.15) is 5.26 Å². The fraction of sp³-hybridized carbons (Fsp3) is 0.556. The van der Waals surface area contributed by atoms with E-state index in [4.69, 9.17) is 4.74 Å². The SMILES string of the molecule is COc1ccc(C(CNC(=O)C2(C#N)CCCC2)N(C)C)cc1. The Hall–Kier alpha value is -2.06. The average Bonchev–Trinajstić information content (AvgIpc) is 3.05. The van der Waals surface area contributed by atoms with Gasteiger partial charge in [0.25, 0.3) is 0 Å². The van der Waals surface area contributed by atoms with Crippen molar-refractivity contribution in [3.63, 3.8) is 0 Å². The summed E-state index contributed by atoms with van der Waals surface area (Å²) < 4.78 is 5.18. The summed E-state index contributed by atoms with van der Waals surface area (Å²) in [4.78, 5) is 14.6. The Labute approximate surface area is 138 Å². The van der Waals surface area contributed by atoms with Crippen molar-refractivity contribution in [1.29, 1.82) is 5.26 Å². The second-order valence-corrected chi connectivity index (χ2v) is 6.36. The lowest BCUT2D eigenvalue weighted by Gasteiger charge is -2.27. The highest BCUT2D eigenvalue weighted by Gasteiger charge is 2.41. The van der Waals surface area contributed by atoms with E-state index >= 15 is 0 Å². The number of hydrogen-bond acceptors (Lipinski definition) is 4. The van der Waals surface area contributed by atoms with Crippen LogP contribution in [0.4, 0.5) is 0 Å². The number of benzene rings is 1. The number of hydrogen-bond donors (Lipinski definition) is 1. The highest BCUT2D eigenvalue weighted by Crippen LogP contribution is 2.37. The van der Waals surface area contributed by atoms with Crippen LogP contribution < -0.4 is 10.1 Å². The topological polar surface area (TPSA) is 65.4 Å². The zero-order valence-corrected chi connectivity index (χ0v) is 14.1. The van der Waals surface area contributed by atoms with E-state index in [1.807, 2.05) is 38.4 Å². The second kappa shape index (κ2) is 7.47. The molecule has 2 rings (SSSR count). The average molecular weight is 315 g/mol. The van der Waals surface area contributed by atoms with Gasteiger partial charge in [0.05, 0.1) is 19.2 Å². The van der Waals surface area contributed by atoms with Gasteiger partial charge in [-0.05, 0) is 44.6 Å². The molecule has 0 aromatic heterocycles. The zero-order valence-electron chi connectivity index (χ0n) is 14.1. The molecule has 5 nitrogen and oxygen atoms in total. The van der Waals surface area contributed by atoms with Crippen LogP contribution in [0.15, 0.2) is 24.3 Å². The Bertz CT molecular complexity index is 569. The van der Waals surface area contributed by atoms with E-state index in [-0.39, 0.29) is 11.9 Å². The molecule has 1 fully saturated rings. The van der Waals surface area contributed by atoms with Crippen LogP contribution in [0.5, 0.6) is 5.75 Å². The van der Waals surface area contributed by atoms with Crippen LogP contribution in [0, 0.1) is 16.7 Å². The number of ether oxygens (including phenoxy) is 1. The summed E-state index contributed by atoms with van der Waals surface area (Å²) in [6.07, 6.45) is 3.25. The number of nitrogens with one attached hydrogen (secondary N) is 1. The molecule has 1 aromatic rings. The van der Waals surface area contributed by atoms with Gasteiger partial charge >= 0.3 is 0 Å². The molecule has 0 bridgehead atoms. The smallest absolute Gasteiger partial charge is 0.240 e. The molecular weight excluding hydrogens is 290 g/mol. The Morgan fingerprint density at radius 3 is 2.43 bits per heavy atom. The molecule has 5 heteroatoms. The first kappa shape index (κ1) is 17.3. The van der Waals surface area contributed by atoms with E-state index in [1.165, 1.54) is 0 Å². The van der Waals surface area contributed by atoms with E-state index in [0.717, 1.165) is 24.2 Å². The Balaban J connectivity index is 2.05. The van der Waals surface area contributed by atoms with Gasteiger partial charge in [0.1, 0.15) is 11.2 Å². The van der Waals surface area contributed by atoms with Crippen molar-refractivity contribution < 1.29 is 9.53 Å². The van der Waals surface area contributed by atoms with E-state index in [1.54, 1.807) is 7.11 Å². The Morgan fingerprint density at radius 2 is 1.96 bits per heavy atom. The maximum Gasteiger partial charge on any atom is 0.240 e. The third kappa shape index (κ3) is 3.83. The highest BCUT2D eigenvalue weighted by molar-refractivity contribution is 5.85. The number of amides is 1. The summed E-state index contributed by atoms with van der Waals surface area (Å²) >= 11 is 0. The predicted octanol–water partition coefficient (Wildman–Crippen LogP) is 2.50. The van der Waals surface area contributed by atoms with Crippen molar-refractivity contribution in [1.82, 2.24) is 10.2 Å². The van der Waals surface area contributed by atoms with Crippen molar-refractivity contribution in [3.8, 4) is 11.8 Å². The first-order valence-electron chi connectivity index (χ1n) is 8.02. The number of rotatable bonds is 6. The molecule has 1 N–H and O–H groups in total. The van der Waals surface area contributed by atoms with Gasteiger partial charge in [-0.25, -0.2) is 0 Å². The summed E-state index contributed by atoms with van der Waals surface area (Å²) in [7, 11) is 5.61. The molecule has 0 spiro atoms. The van der Waals surface area contributed by atoms with Gasteiger partial charge < -0.3 is 15.0 Å². The van der Waals surface area contributed by atoms with Crippen molar-refractivity contribution in [2.24, 2.45) is 5.41 Å². The number of nitrogens with zero attached hydrogens (tertiary/aromatic N) is 2. The van der Waals surface area contributed by atoms with Gasteiger partial charge in [-0.1, -0.05) is 25.0 Å². The van der Waals surface area contributed by atoms with Crippen LogP contribution in [0.1, 0.15) is 37.3 Å². The van der Waals surface area contributed by atoms with E-state index < -0.39 is 5.41 Å². The minimum atomic E-state index is -0.823. The largest absolute Gasteiger partial charge is 0.497 e. The predicted molar refractivity (Wildman–Crippen MR) is 88.9 cm³/mol. The second-order valence-electron chi connectivity index (χ2n) is 6.36. The minimum absolute atomic E-state index is 0.0574. The number of likely N-dealkylation sites (N-methyl/N-ethyl adjacent to an activating group) is 1. The molecule has 1 aliphatic rings.